The maximum Gasteiger partial charge on any atom is 0.226 e. The van der Waals surface area contributed by atoms with Gasteiger partial charge in [0.15, 0.2) is 0 Å². The summed E-state index contributed by atoms with van der Waals surface area (Å²) in [6.07, 6.45) is 2.69. The molecule has 0 bridgehead atoms. The van der Waals surface area contributed by atoms with Crippen molar-refractivity contribution in [3.63, 3.8) is 0 Å². The fraction of sp³-hybridized carbons (Fsp3) is 0.294. The molecule has 0 aliphatic rings. The Kier molecular flexibility index (Phi) is 4.93. The van der Waals surface area contributed by atoms with Crippen molar-refractivity contribution in [2.45, 2.75) is 32.7 Å². The Morgan fingerprint density at radius 2 is 1.95 bits per heavy atom. The number of amides is 1. The lowest BCUT2D eigenvalue weighted by Crippen LogP contribution is -2.29. The van der Waals surface area contributed by atoms with Crippen molar-refractivity contribution in [2.75, 3.05) is 5.73 Å². The summed E-state index contributed by atoms with van der Waals surface area (Å²) in [5.41, 5.74) is 9.25. The van der Waals surface area contributed by atoms with Gasteiger partial charge in [0.1, 0.15) is 0 Å². The fourth-order valence-corrected chi connectivity index (χ4v) is 2.17. The van der Waals surface area contributed by atoms with Gasteiger partial charge in [0.2, 0.25) is 5.91 Å². The molecule has 1 heterocycles. The van der Waals surface area contributed by atoms with E-state index in [4.69, 9.17) is 5.73 Å². The van der Waals surface area contributed by atoms with Crippen LogP contribution in [0.15, 0.2) is 42.6 Å². The molecular formula is C17H21N3O. The average Bonchev–Trinajstić information content (AvgIpc) is 2.48. The number of anilines is 1. The zero-order chi connectivity index (χ0) is 15.2. The van der Waals surface area contributed by atoms with Crippen molar-refractivity contribution < 1.29 is 4.79 Å². The molecule has 1 aromatic heterocycles. The van der Waals surface area contributed by atoms with Crippen molar-refractivity contribution in [1.29, 1.82) is 0 Å². The van der Waals surface area contributed by atoms with Crippen molar-refractivity contribution in [3.8, 4) is 0 Å². The number of rotatable bonds is 5. The van der Waals surface area contributed by atoms with Crippen LogP contribution < -0.4 is 11.1 Å². The second-order valence-electron chi connectivity index (χ2n) is 5.20. The molecule has 0 aliphatic carbocycles. The van der Waals surface area contributed by atoms with Crippen LogP contribution in [-0.2, 0) is 11.2 Å². The number of hydrogen-bond donors (Lipinski definition) is 2. The summed E-state index contributed by atoms with van der Waals surface area (Å²) < 4.78 is 0. The number of carbonyl (C=O) groups is 1. The van der Waals surface area contributed by atoms with Crippen LogP contribution in [0, 0.1) is 6.92 Å². The molecule has 2 aromatic rings. The molecule has 21 heavy (non-hydrogen) atoms. The standard InChI is InChI=1S/C17H21N3O/c1-3-16(13-6-4-12(2)5-7-13)20-17(21)10-15-9-8-14(18)11-19-15/h4-9,11,16H,3,10,18H2,1-2H3,(H,20,21). The number of nitrogens with two attached hydrogens (primary N) is 1. The lowest BCUT2D eigenvalue weighted by molar-refractivity contribution is -0.121. The molecular weight excluding hydrogens is 262 g/mol. The Morgan fingerprint density at radius 1 is 1.24 bits per heavy atom. The topological polar surface area (TPSA) is 68.0 Å². The van der Waals surface area contributed by atoms with Gasteiger partial charge in [0.05, 0.1) is 24.3 Å². The highest BCUT2D eigenvalue weighted by Crippen LogP contribution is 2.17. The smallest absolute Gasteiger partial charge is 0.226 e. The highest BCUT2D eigenvalue weighted by atomic mass is 16.1. The summed E-state index contributed by atoms with van der Waals surface area (Å²) in [6, 6.07) is 11.8. The zero-order valence-electron chi connectivity index (χ0n) is 12.5. The Bertz CT molecular complexity index is 590. The third kappa shape index (κ3) is 4.31. The monoisotopic (exact) mass is 283 g/mol. The molecule has 0 saturated carbocycles. The number of nitrogens with one attached hydrogen (secondary N) is 1. The number of nitrogen functional groups attached to an aromatic ring is 1. The number of nitrogens with zero attached hydrogens (tertiary/aromatic N) is 1. The molecule has 0 saturated heterocycles. The molecule has 3 N–H and O–H groups in total. The number of aryl methyl sites for hydroxylation is 1. The van der Waals surface area contributed by atoms with E-state index >= 15 is 0 Å². The van der Waals surface area contributed by atoms with E-state index in [1.807, 2.05) is 0 Å². The van der Waals surface area contributed by atoms with Gasteiger partial charge in [0.25, 0.3) is 0 Å². The molecule has 1 aromatic carbocycles. The third-order valence-corrected chi connectivity index (χ3v) is 3.41. The summed E-state index contributed by atoms with van der Waals surface area (Å²) in [5.74, 6) is -0.0281. The molecule has 0 radical (unpaired) electrons. The zero-order valence-corrected chi connectivity index (χ0v) is 12.5. The van der Waals surface area contributed by atoms with E-state index in [1.165, 1.54) is 5.56 Å². The van der Waals surface area contributed by atoms with E-state index in [9.17, 15) is 4.79 Å². The Labute approximate surface area is 125 Å². The van der Waals surface area contributed by atoms with Crippen LogP contribution in [0.1, 0.15) is 36.2 Å². The minimum absolute atomic E-state index is 0.0281. The van der Waals surface area contributed by atoms with Crippen LogP contribution in [-0.4, -0.2) is 10.9 Å². The summed E-state index contributed by atoms with van der Waals surface area (Å²) >= 11 is 0. The first-order valence-electron chi connectivity index (χ1n) is 7.15. The Morgan fingerprint density at radius 3 is 2.52 bits per heavy atom. The highest BCUT2D eigenvalue weighted by Gasteiger charge is 2.13. The maximum absolute atomic E-state index is 12.1. The number of carbonyl (C=O) groups excluding carboxylic acids is 1. The lowest BCUT2D eigenvalue weighted by Gasteiger charge is -2.17. The van der Waals surface area contributed by atoms with Crippen LogP contribution >= 0.6 is 0 Å². The second kappa shape index (κ2) is 6.88. The van der Waals surface area contributed by atoms with Gasteiger partial charge in [-0.2, -0.15) is 0 Å². The van der Waals surface area contributed by atoms with Gasteiger partial charge in [-0.3, -0.25) is 9.78 Å². The highest BCUT2D eigenvalue weighted by molar-refractivity contribution is 5.78. The first-order chi connectivity index (χ1) is 10.1. The average molecular weight is 283 g/mol. The maximum atomic E-state index is 12.1. The molecule has 0 fully saturated rings. The fourth-order valence-electron chi connectivity index (χ4n) is 2.17. The molecule has 4 heteroatoms. The van der Waals surface area contributed by atoms with Crippen molar-refractivity contribution in [2.24, 2.45) is 0 Å². The number of benzene rings is 1. The van der Waals surface area contributed by atoms with Gasteiger partial charge >= 0.3 is 0 Å². The number of pyridine rings is 1. The first-order valence-corrected chi connectivity index (χ1v) is 7.15. The van der Waals surface area contributed by atoms with Crippen molar-refractivity contribution in [1.82, 2.24) is 10.3 Å². The van der Waals surface area contributed by atoms with E-state index in [-0.39, 0.29) is 18.4 Å². The van der Waals surface area contributed by atoms with E-state index in [2.05, 4.69) is 48.4 Å². The van der Waals surface area contributed by atoms with Crippen LogP contribution in [0.25, 0.3) is 0 Å². The van der Waals surface area contributed by atoms with E-state index in [0.717, 1.165) is 17.7 Å². The Hall–Kier alpha value is -2.36. The van der Waals surface area contributed by atoms with Crippen LogP contribution in [0.5, 0.6) is 0 Å². The molecule has 1 unspecified atom stereocenters. The predicted octanol–water partition coefficient (Wildman–Crippen LogP) is 2.78. The molecule has 2 rings (SSSR count). The molecule has 0 spiro atoms. The molecule has 1 atom stereocenters. The van der Waals surface area contributed by atoms with Crippen molar-refractivity contribution >= 4 is 11.6 Å². The van der Waals surface area contributed by atoms with E-state index in [1.54, 1.807) is 18.3 Å². The van der Waals surface area contributed by atoms with Crippen LogP contribution in [0.2, 0.25) is 0 Å². The van der Waals surface area contributed by atoms with Crippen LogP contribution in [0.3, 0.4) is 0 Å². The summed E-state index contributed by atoms with van der Waals surface area (Å²) in [6.45, 7) is 4.11. The minimum Gasteiger partial charge on any atom is -0.397 e. The minimum atomic E-state index is -0.0281. The molecule has 0 aliphatic heterocycles. The number of aromatic nitrogens is 1. The molecule has 1 amide bonds. The second-order valence-corrected chi connectivity index (χ2v) is 5.20. The lowest BCUT2D eigenvalue weighted by atomic mass is 10.0. The third-order valence-electron chi connectivity index (χ3n) is 3.41. The van der Waals surface area contributed by atoms with Gasteiger partial charge in [-0.25, -0.2) is 0 Å². The van der Waals surface area contributed by atoms with E-state index < -0.39 is 0 Å². The van der Waals surface area contributed by atoms with Crippen molar-refractivity contribution in [3.05, 3.63) is 59.4 Å². The predicted molar refractivity (Wildman–Crippen MR) is 84.7 cm³/mol. The number of hydrogen-bond acceptors (Lipinski definition) is 3. The Balaban J connectivity index is 1.99. The SMILES string of the molecule is CCC(NC(=O)Cc1ccc(N)cn1)c1ccc(C)cc1. The normalized spacial score (nSPS) is 11.9. The van der Waals surface area contributed by atoms with E-state index in [0.29, 0.717) is 5.69 Å². The van der Waals surface area contributed by atoms with Gasteiger partial charge in [-0.1, -0.05) is 36.8 Å². The summed E-state index contributed by atoms with van der Waals surface area (Å²) in [5, 5.41) is 3.06. The molecule has 110 valence electrons. The van der Waals surface area contributed by atoms with Crippen LogP contribution in [0.4, 0.5) is 5.69 Å². The van der Waals surface area contributed by atoms with Gasteiger partial charge < -0.3 is 11.1 Å². The molecule has 4 nitrogen and oxygen atoms in total. The quantitative estimate of drug-likeness (QED) is 0.886. The first kappa shape index (κ1) is 15.0. The van der Waals surface area contributed by atoms with Gasteiger partial charge in [-0.05, 0) is 31.0 Å². The van der Waals surface area contributed by atoms with Gasteiger partial charge in [-0.15, -0.1) is 0 Å². The largest absolute Gasteiger partial charge is 0.397 e. The summed E-state index contributed by atoms with van der Waals surface area (Å²) in [4.78, 5) is 16.3. The summed E-state index contributed by atoms with van der Waals surface area (Å²) in [7, 11) is 0. The van der Waals surface area contributed by atoms with Gasteiger partial charge in [0, 0.05) is 5.69 Å².